The highest BCUT2D eigenvalue weighted by Gasteiger charge is 2.36. The maximum absolute atomic E-state index is 12.5. The molecule has 0 spiro atoms. The first-order valence-corrected chi connectivity index (χ1v) is 8.13. The highest BCUT2D eigenvalue weighted by Crippen LogP contribution is 2.28. The van der Waals surface area contributed by atoms with Crippen LogP contribution in [0.25, 0.3) is 0 Å². The monoisotopic (exact) mass is 310 g/mol. The lowest BCUT2D eigenvalue weighted by Crippen LogP contribution is -2.55. The normalized spacial score (nSPS) is 18.8. The summed E-state index contributed by atoms with van der Waals surface area (Å²) >= 11 is 1.51. The van der Waals surface area contributed by atoms with E-state index in [-0.39, 0.29) is 24.3 Å². The van der Waals surface area contributed by atoms with Crippen LogP contribution in [0.1, 0.15) is 49.4 Å². The van der Waals surface area contributed by atoms with Crippen molar-refractivity contribution in [3.05, 3.63) is 22.4 Å². The van der Waals surface area contributed by atoms with Gasteiger partial charge in [0.1, 0.15) is 0 Å². The Labute approximate surface area is 128 Å². The maximum Gasteiger partial charge on any atom is 0.307 e. The number of amides is 1. The van der Waals surface area contributed by atoms with Gasteiger partial charge in [0.2, 0.25) is 5.91 Å². The second-order valence-electron chi connectivity index (χ2n) is 5.54. The summed E-state index contributed by atoms with van der Waals surface area (Å²) < 4.78 is 4.71. The number of nitrogens with one attached hydrogen (secondary N) is 1. The first kappa shape index (κ1) is 16.0. The van der Waals surface area contributed by atoms with Gasteiger partial charge in [-0.2, -0.15) is 0 Å². The van der Waals surface area contributed by atoms with E-state index < -0.39 is 5.54 Å². The number of methoxy groups -OCH3 is 1. The van der Waals surface area contributed by atoms with Gasteiger partial charge in [0.15, 0.2) is 0 Å². The molecule has 1 fully saturated rings. The fraction of sp³-hybridized carbons (Fsp3) is 0.600. The lowest BCUT2D eigenvalue weighted by molar-refractivity contribution is -0.141. The van der Waals surface area contributed by atoms with Crippen molar-refractivity contribution < 1.29 is 14.3 Å². The average molecular weight is 310 g/mol. The van der Waals surface area contributed by atoms with Crippen LogP contribution in [0.3, 0.4) is 0 Å². The molecule has 0 aromatic carbocycles. The third kappa shape index (κ3) is 4.04. The number of carbonyl (C=O) groups excluding carboxylic acids is 2. The predicted octanol–water partition coefficient (Wildman–Crippen LogP) is 2.13. The van der Waals surface area contributed by atoms with Gasteiger partial charge in [0.25, 0.3) is 0 Å². The van der Waals surface area contributed by atoms with Gasteiger partial charge in [-0.3, -0.25) is 9.59 Å². The minimum absolute atomic E-state index is 0.124. The lowest BCUT2D eigenvalue weighted by atomic mass is 9.81. The van der Waals surface area contributed by atoms with Crippen LogP contribution in [0.15, 0.2) is 17.5 Å². The van der Waals surface area contributed by atoms with E-state index in [0.29, 0.717) is 12.8 Å². The minimum Gasteiger partial charge on any atom is -0.469 e. The molecule has 0 bridgehead atoms. The van der Waals surface area contributed by atoms with Crippen molar-refractivity contribution in [2.24, 2.45) is 5.73 Å². The van der Waals surface area contributed by atoms with Crippen molar-refractivity contribution >= 4 is 23.2 Å². The Hall–Kier alpha value is -1.40. The second kappa shape index (κ2) is 7.04. The van der Waals surface area contributed by atoms with Crippen molar-refractivity contribution in [2.75, 3.05) is 7.11 Å². The van der Waals surface area contributed by atoms with Crippen LogP contribution < -0.4 is 11.1 Å². The van der Waals surface area contributed by atoms with Crippen LogP contribution in [0.5, 0.6) is 0 Å². The van der Waals surface area contributed by atoms with E-state index >= 15 is 0 Å². The zero-order valence-corrected chi connectivity index (χ0v) is 13.1. The van der Waals surface area contributed by atoms with Crippen molar-refractivity contribution in [3.8, 4) is 0 Å². The van der Waals surface area contributed by atoms with Gasteiger partial charge in [-0.05, 0) is 24.3 Å². The summed E-state index contributed by atoms with van der Waals surface area (Å²) in [5, 5.41) is 4.86. The molecule has 1 aromatic rings. The highest BCUT2D eigenvalue weighted by atomic mass is 32.1. The number of ether oxygens (including phenoxy) is 1. The molecule has 0 aliphatic heterocycles. The number of hydrogen-bond acceptors (Lipinski definition) is 5. The summed E-state index contributed by atoms with van der Waals surface area (Å²) in [5.41, 5.74) is 5.44. The molecule has 3 N–H and O–H groups in total. The molecule has 1 atom stereocenters. The van der Waals surface area contributed by atoms with Gasteiger partial charge in [-0.1, -0.05) is 25.3 Å². The highest BCUT2D eigenvalue weighted by molar-refractivity contribution is 7.10. The molecule has 1 saturated carbocycles. The SMILES string of the molecule is COC(=O)CC(NC(=O)C1(N)CCCCC1)c1cccs1. The molecule has 1 amide bonds. The van der Waals surface area contributed by atoms with Crippen molar-refractivity contribution in [1.82, 2.24) is 5.32 Å². The smallest absolute Gasteiger partial charge is 0.307 e. The van der Waals surface area contributed by atoms with Crippen molar-refractivity contribution in [3.63, 3.8) is 0 Å². The largest absolute Gasteiger partial charge is 0.469 e. The summed E-state index contributed by atoms with van der Waals surface area (Å²) in [5.74, 6) is -0.507. The fourth-order valence-electron chi connectivity index (χ4n) is 2.67. The van der Waals surface area contributed by atoms with Gasteiger partial charge < -0.3 is 15.8 Å². The first-order valence-electron chi connectivity index (χ1n) is 7.25. The van der Waals surface area contributed by atoms with Crippen LogP contribution in [0, 0.1) is 0 Å². The molecule has 2 rings (SSSR count). The van der Waals surface area contributed by atoms with E-state index in [0.717, 1.165) is 24.1 Å². The summed E-state index contributed by atoms with van der Waals surface area (Å²) in [4.78, 5) is 25.0. The Kier molecular flexibility index (Phi) is 5.36. The molecule has 0 radical (unpaired) electrons. The molecule has 1 aliphatic carbocycles. The van der Waals surface area contributed by atoms with E-state index in [1.54, 1.807) is 0 Å². The zero-order valence-electron chi connectivity index (χ0n) is 12.3. The Balaban J connectivity index is 2.07. The molecule has 1 unspecified atom stereocenters. The number of rotatable bonds is 5. The number of esters is 1. The van der Waals surface area contributed by atoms with E-state index in [9.17, 15) is 9.59 Å². The van der Waals surface area contributed by atoms with Crippen molar-refractivity contribution in [2.45, 2.75) is 50.1 Å². The Morgan fingerprint density at radius 2 is 2.14 bits per heavy atom. The summed E-state index contributed by atoms with van der Waals surface area (Å²) in [7, 11) is 1.35. The molecule has 0 saturated heterocycles. The Bertz CT molecular complexity index is 481. The molecular formula is C15H22N2O3S. The molecule has 21 heavy (non-hydrogen) atoms. The van der Waals surface area contributed by atoms with E-state index in [4.69, 9.17) is 10.5 Å². The van der Waals surface area contributed by atoms with Gasteiger partial charge in [-0.15, -0.1) is 11.3 Å². The van der Waals surface area contributed by atoms with Gasteiger partial charge in [0.05, 0.1) is 25.1 Å². The second-order valence-corrected chi connectivity index (χ2v) is 6.52. The van der Waals surface area contributed by atoms with Crippen LogP contribution >= 0.6 is 11.3 Å². The predicted molar refractivity (Wildman–Crippen MR) is 81.8 cm³/mol. The number of nitrogens with two attached hydrogens (primary N) is 1. The van der Waals surface area contributed by atoms with Crippen molar-refractivity contribution in [1.29, 1.82) is 0 Å². The van der Waals surface area contributed by atoms with Crippen LogP contribution in [0.2, 0.25) is 0 Å². The zero-order chi connectivity index (χ0) is 15.3. The fourth-order valence-corrected chi connectivity index (χ4v) is 3.45. The summed E-state index contributed by atoms with van der Waals surface area (Å²) in [6.07, 6.45) is 4.61. The van der Waals surface area contributed by atoms with E-state index in [1.165, 1.54) is 18.4 Å². The maximum atomic E-state index is 12.5. The summed E-state index contributed by atoms with van der Waals surface area (Å²) in [6, 6.07) is 3.44. The molecule has 1 aromatic heterocycles. The molecular weight excluding hydrogens is 288 g/mol. The molecule has 1 aliphatic rings. The first-order chi connectivity index (χ1) is 10.0. The van der Waals surface area contributed by atoms with Gasteiger partial charge in [-0.25, -0.2) is 0 Å². The van der Waals surface area contributed by atoms with Crippen LogP contribution in [-0.4, -0.2) is 24.5 Å². The average Bonchev–Trinajstić information content (AvgIpc) is 3.01. The minimum atomic E-state index is -0.802. The molecule has 116 valence electrons. The Morgan fingerprint density at radius 1 is 1.43 bits per heavy atom. The van der Waals surface area contributed by atoms with E-state index in [2.05, 4.69) is 5.32 Å². The number of thiophene rings is 1. The molecule has 1 heterocycles. The number of hydrogen-bond donors (Lipinski definition) is 2. The Morgan fingerprint density at radius 3 is 2.71 bits per heavy atom. The van der Waals surface area contributed by atoms with E-state index in [1.807, 2.05) is 17.5 Å². The summed E-state index contributed by atoms with van der Waals surface area (Å²) in [6.45, 7) is 0. The van der Waals surface area contributed by atoms with Gasteiger partial charge >= 0.3 is 5.97 Å². The third-order valence-electron chi connectivity index (χ3n) is 3.99. The van der Waals surface area contributed by atoms with Crippen LogP contribution in [-0.2, 0) is 14.3 Å². The van der Waals surface area contributed by atoms with Gasteiger partial charge in [0, 0.05) is 4.88 Å². The topological polar surface area (TPSA) is 81.4 Å². The lowest BCUT2D eigenvalue weighted by Gasteiger charge is -2.33. The standard InChI is InChI=1S/C15H22N2O3S/c1-20-13(18)10-11(12-6-5-9-21-12)17-14(19)15(16)7-3-2-4-8-15/h5-6,9,11H,2-4,7-8,10,16H2,1H3,(H,17,19). The number of carbonyl (C=O) groups is 2. The molecule has 5 nitrogen and oxygen atoms in total. The van der Waals surface area contributed by atoms with Crippen LogP contribution in [0.4, 0.5) is 0 Å². The molecule has 6 heteroatoms. The quantitative estimate of drug-likeness (QED) is 0.816. The third-order valence-corrected chi connectivity index (χ3v) is 4.97.